The molecule has 0 spiro atoms. The van der Waals surface area contributed by atoms with Gasteiger partial charge in [-0.2, -0.15) is 0 Å². The molecule has 0 bridgehead atoms. The van der Waals surface area contributed by atoms with Crippen LogP contribution in [-0.4, -0.2) is 36.7 Å². The summed E-state index contributed by atoms with van der Waals surface area (Å²) in [6.45, 7) is 0. The van der Waals surface area contributed by atoms with Gasteiger partial charge in [0.2, 0.25) is 5.88 Å². The van der Waals surface area contributed by atoms with Crippen molar-refractivity contribution in [2.75, 3.05) is 7.11 Å². The Morgan fingerprint density at radius 2 is 1.88 bits per heavy atom. The number of hydrogen-bond acceptors (Lipinski definition) is 10. The van der Waals surface area contributed by atoms with Crippen molar-refractivity contribution < 1.29 is 23.9 Å². The zero-order chi connectivity index (χ0) is 27.5. The third-order valence-corrected chi connectivity index (χ3v) is 6.84. The zero-order valence-electron chi connectivity index (χ0n) is 20.6. The number of rotatable bonds is 4. The smallest absolute Gasteiger partial charge is 0.344 e. The Balaban J connectivity index is 1.50. The number of ether oxygens (including phenoxy) is 2. The number of nitro groups is 1. The number of benzene rings is 3. The van der Waals surface area contributed by atoms with Crippen molar-refractivity contribution in [3.63, 3.8) is 0 Å². The Kier molecular flexibility index (Phi) is 5.04. The first-order valence-corrected chi connectivity index (χ1v) is 12.0. The van der Waals surface area contributed by atoms with Gasteiger partial charge in [-0.1, -0.05) is 24.3 Å². The quantitative estimate of drug-likeness (QED) is 0.189. The summed E-state index contributed by atoms with van der Waals surface area (Å²) >= 11 is 0. The summed E-state index contributed by atoms with van der Waals surface area (Å²) in [6, 6.07) is 17.7. The molecule has 12 heteroatoms. The van der Waals surface area contributed by atoms with E-state index in [1.807, 2.05) is 0 Å². The fourth-order valence-electron chi connectivity index (χ4n) is 5.00. The van der Waals surface area contributed by atoms with Crippen molar-refractivity contribution in [1.82, 2.24) is 19.6 Å². The molecule has 1 aliphatic heterocycles. The van der Waals surface area contributed by atoms with Crippen LogP contribution in [0.2, 0.25) is 0 Å². The van der Waals surface area contributed by atoms with E-state index >= 15 is 0 Å². The number of aromatic hydroxyl groups is 1. The lowest BCUT2D eigenvalue weighted by molar-refractivity contribution is -0.384. The van der Waals surface area contributed by atoms with Crippen LogP contribution in [0, 0.1) is 10.1 Å². The Hall–Kier alpha value is -5.78. The van der Waals surface area contributed by atoms with Crippen molar-refractivity contribution >= 4 is 22.3 Å². The lowest BCUT2D eigenvalue weighted by atomic mass is 9.84. The molecule has 0 fully saturated rings. The molecular weight excluding hydrogens is 518 g/mol. The van der Waals surface area contributed by atoms with Gasteiger partial charge in [-0.25, -0.2) is 19.3 Å². The van der Waals surface area contributed by atoms with E-state index in [9.17, 15) is 20.0 Å². The molecule has 40 heavy (non-hydrogen) atoms. The predicted molar refractivity (Wildman–Crippen MR) is 141 cm³/mol. The molecule has 12 nitrogen and oxygen atoms in total. The molecule has 4 heterocycles. The summed E-state index contributed by atoms with van der Waals surface area (Å²) in [4.78, 5) is 33.5. The summed E-state index contributed by atoms with van der Waals surface area (Å²) in [5, 5.41) is 26.7. The zero-order valence-corrected chi connectivity index (χ0v) is 20.6. The van der Waals surface area contributed by atoms with Gasteiger partial charge in [-0.05, 0) is 35.9 Å². The van der Waals surface area contributed by atoms with Crippen LogP contribution in [0.15, 0.2) is 82.3 Å². The largest absolute Gasteiger partial charge is 0.504 e. The molecule has 0 saturated heterocycles. The number of aromatic nitrogens is 4. The van der Waals surface area contributed by atoms with Crippen molar-refractivity contribution in [2.24, 2.45) is 0 Å². The molecule has 1 atom stereocenters. The lowest BCUT2D eigenvalue weighted by Crippen LogP contribution is -2.22. The second-order valence-corrected chi connectivity index (χ2v) is 9.07. The van der Waals surface area contributed by atoms with Crippen LogP contribution in [0.5, 0.6) is 23.1 Å². The highest BCUT2D eigenvalue weighted by molar-refractivity contribution is 5.87. The lowest BCUT2D eigenvalue weighted by Gasteiger charge is -2.27. The first kappa shape index (κ1) is 23.3. The normalized spacial score (nSPS) is 14.0. The van der Waals surface area contributed by atoms with Gasteiger partial charge in [0.25, 0.3) is 5.69 Å². The first-order chi connectivity index (χ1) is 19.4. The van der Waals surface area contributed by atoms with Crippen LogP contribution in [0.4, 0.5) is 5.69 Å². The molecule has 0 radical (unpaired) electrons. The topological polar surface area (TPSA) is 155 Å². The Morgan fingerprint density at radius 1 is 1.07 bits per heavy atom. The van der Waals surface area contributed by atoms with Crippen LogP contribution in [0.1, 0.15) is 22.6 Å². The SMILES string of the molecule is COc1ccc(-c2nc3c4c(ncn3n2)Oc2c(c(=O)oc3ccccc23)C4c2ccc([N+](=O)[O-])cc2)cc1O. The number of non-ortho nitro benzene ring substituents is 1. The van der Waals surface area contributed by atoms with Gasteiger partial charge >= 0.3 is 5.63 Å². The third-order valence-electron chi connectivity index (χ3n) is 6.84. The maximum atomic E-state index is 13.4. The maximum Gasteiger partial charge on any atom is 0.344 e. The van der Waals surface area contributed by atoms with Crippen LogP contribution in [0.3, 0.4) is 0 Å². The van der Waals surface area contributed by atoms with Crippen molar-refractivity contribution in [3.05, 3.63) is 110 Å². The average Bonchev–Trinajstić information content (AvgIpc) is 3.41. The van der Waals surface area contributed by atoms with Crippen molar-refractivity contribution in [1.29, 1.82) is 0 Å². The Bertz CT molecular complexity index is 2050. The number of methoxy groups -OCH3 is 1. The molecule has 3 aromatic heterocycles. The molecule has 1 unspecified atom stereocenters. The number of para-hydroxylation sites is 1. The van der Waals surface area contributed by atoms with Crippen LogP contribution in [0.25, 0.3) is 28.0 Å². The molecule has 196 valence electrons. The standard InChI is InChI=1S/C28H17N5O7/c1-38-20-11-8-15(12-18(20)34)25-30-26-23-21(14-6-9-16(10-7-14)33(36)37)22-24(40-27(23)29-13-32(26)31-25)17-4-2-3-5-19(17)39-28(22)35/h2-13,21,34H,1H3. The van der Waals surface area contributed by atoms with E-state index in [1.165, 1.54) is 36.2 Å². The van der Waals surface area contributed by atoms with Crippen molar-refractivity contribution in [3.8, 4) is 34.5 Å². The molecule has 1 aliphatic rings. The third kappa shape index (κ3) is 3.46. The van der Waals surface area contributed by atoms with Gasteiger partial charge in [0.1, 0.15) is 11.9 Å². The van der Waals surface area contributed by atoms with E-state index in [4.69, 9.17) is 18.9 Å². The van der Waals surface area contributed by atoms with Crippen molar-refractivity contribution in [2.45, 2.75) is 5.92 Å². The molecule has 1 N–H and O–H groups in total. The Labute approximate surface area is 223 Å². The monoisotopic (exact) mass is 535 g/mol. The summed E-state index contributed by atoms with van der Waals surface area (Å²) in [5.41, 5.74) is 1.71. The first-order valence-electron chi connectivity index (χ1n) is 12.0. The van der Waals surface area contributed by atoms with Crippen LogP contribution >= 0.6 is 0 Å². The molecule has 3 aromatic carbocycles. The number of nitrogens with zero attached hydrogens (tertiary/aromatic N) is 5. The molecule has 7 rings (SSSR count). The second-order valence-electron chi connectivity index (χ2n) is 9.07. The van der Waals surface area contributed by atoms with E-state index in [2.05, 4.69) is 10.1 Å². The van der Waals surface area contributed by atoms with Gasteiger partial charge in [0, 0.05) is 17.7 Å². The number of phenolic OH excluding ortho intramolecular Hbond substituents is 1. The fraction of sp³-hybridized carbons (Fsp3) is 0.0714. The summed E-state index contributed by atoms with van der Waals surface area (Å²) in [6.07, 6.45) is 1.44. The van der Waals surface area contributed by atoms with Gasteiger partial charge < -0.3 is 19.0 Å². The minimum Gasteiger partial charge on any atom is -0.504 e. The van der Waals surface area contributed by atoms with Crippen LogP contribution < -0.4 is 15.1 Å². The molecular formula is C28H17N5O7. The molecule has 0 saturated carbocycles. The molecule has 6 aromatic rings. The highest BCUT2D eigenvalue weighted by atomic mass is 16.6. The molecule has 0 aliphatic carbocycles. The van der Waals surface area contributed by atoms with E-state index in [0.29, 0.717) is 44.8 Å². The van der Waals surface area contributed by atoms with E-state index in [0.717, 1.165) is 0 Å². The number of nitro benzene ring substituents is 1. The van der Waals surface area contributed by atoms with E-state index in [-0.39, 0.29) is 28.7 Å². The number of fused-ring (bicyclic) bond motifs is 6. The second kappa shape index (κ2) is 8.63. The highest BCUT2D eigenvalue weighted by Gasteiger charge is 2.37. The van der Waals surface area contributed by atoms with Crippen LogP contribution in [-0.2, 0) is 0 Å². The Morgan fingerprint density at radius 3 is 2.62 bits per heavy atom. The summed E-state index contributed by atoms with van der Waals surface area (Å²) in [5.74, 6) is 0.207. The van der Waals surface area contributed by atoms with E-state index in [1.54, 1.807) is 48.5 Å². The maximum absolute atomic E-state index is 13.4. The molecule has 0 amide bonds. The predicted octanol–water partition coefficient (Wildman–Crippen LogP) is 4.81. The highest BCUT2D eigenvalue weighted by Crippen LogP contribution is 2.49. The summed E-state index contributed by atoms with van der Waals surface area (Å²) < 4.78 is 18.5. The van der Waals surface area contributed by atoms with Gasteiger partial charge in [-0.15, -0.1) is 5.10 Å². The minimum absolute atomic E-state index is 0.0792. The summed E-state index contributed by atoms with van der Waals surface area (Å²) in [7, 11) is 1.45. The van der Waals surface area contributed by atoms with Gasteiger partial charge in [0.05, 0.1) is 34.5 Å². The average molecular weight is 535 g/mol. The number of hydrogen-bond donors (Lipinski definition) is 1. The minimum atomic E-state index is -0.794. The van der Waals surface area contributed by atoms with E-state index < -0.39 is 16.5 Å². The van der Waals surface area contributed by atoms with Gasteiger partial charge in [0.15, 0.2) is 28.7 Å². The fourth-order valence-corrected chi connectivity index (χ4v) is 5.00. The number of phenols is 1. The van der Waals surface area contributed by atoms with Gasteiger partial charge in [-0.3, -0.25) is 10.1 Å².